The summed E-state index contributed by atoms with van der Waals surface area (Å²) >= 11 is 0. The van der Waals surface area contributed by atoms with Gasteiger partial charge in [0.25, 0.3) is 0 Å². The average Bonchev–Trinajstić information content (AvgIpc) is 2.79. The molecule has 0 fully saturated rings. The molecular formula is C26H31NO6. The first-order chi connectivity index (χ1) is 15.8. The van der Waals surface area contributed by atoms with E-state index in [1.807, 2.05) is 30.3 Å². The van der Waals surface area contributed by atoms with Crippen LogP contribution < -0.4 is 10.1 Å². The second kappa shape index (κ2) is 10.5. The molecule has 7 nitrogen and oxygen atoms in total. The van der Waals surface area contributed by atoms with Gasteiger partial charge in [0.15, 0.2) is 0 Å². The van der Waals surface area contributed by atoms with Gasteiger partial charge in [0.05, 0.1) is 37.4 Å². The molecule has 2 aromatic rings. The first-order valence-electron chi connectivity index (χ1n) is 11.1. The number of hydrogen-bond donors (Lipinski definition) is 2. The Balaban J connectivity index is 2.23. The van der Waals surface area contributed by atoms with E-state index in [2.05, 4.69) is 5.32 Å². The van der Waals surface area contributed by atoms with Gasteiger partial charge < -0.3 is 24.6 Å². The van der Waals surface area contributed by atoms with E-state index < -0.39 is 29.4 Å². The van der Waals surface area contributed by atoms with Crippen molar-refractivity contribution in [1.82, 2.24) is 0 Å². The molecule has 1 aliphatic carbocycles. The molecule has 0 aliphatic heterocycles. The van der Waals surface area contributed by atoms with Gasteiger partial charge in [0.1, 0.15) is 5.75 Å². The van der Waals surface area contributed by atoms with E-state index in [9.17, 15) is 14.7 Å². The van der Waals surface area contributed by atoms with E-state index in [0.717, 1.165) is 5.69 Å². The number of hydrogen-bond acceptors (Lipinski definition) is 7. The van der Waals surface area contributed by atoms with Crippen molar-refractivity contribution in [2.45, 2.75) is 38.7 Å². The van der Waals surface area contributed by atoms with Crippen molar-refractivity contribution in [3.8, 4) is 5.75 Å². The highest BCUT2D eigenvalue weighted by Crippen LogP contribution is 2.48. The molecule has 7 heteroatoms. The molecule has 3 unspecified atom stereocenters. The van der Waals surface area contributed by atoms with Gasteiger partial charge in [0.2, 0.25) is 0 Å². The van der Waals surface area contributed by atoms with Crippen molar-refractivity contribution in [2.24, 2.45) is 5.92 Å². The predicted octanol–water partition coefficient (Wildman–Crippen LogP) is 4.04. The summed E-state index contributed by atoms with van der Waals surface area (Å²) in [5.41, 5.74) is 0.753. The summed E-state index contributed by atoms with van der Waals surface area (Å²) in [6, 6.07) is 16.5. The number of benzene rings is 2. The van der Waals surface area contributed by atoms with Crippen LogP contribution in [-0.2, 0) is 19.1 Å². The van der Waals surface area contributed by atoms with Crippen LogP contribution in [0.25, 0.3) is 0 Å². The SMILES string of the molecule is CCOC(=O)C1=C(Nc2ccccc2)CC(C)(O)C(C(=O)OCC)C1c1ccc(OC)cc1. The van der Waals surface area contributed by atoms with Crippen LogP contribution in [0.1, 0.15) is 38.7 Å². The maximum absolute atomic E-state index is 13.3. The van der Waals surface area contributed by atoms with Gasteiger partial charge in [-0.3, -0.25) is 4.79 Å². The normalized spacial score (nSPS) is 22.5. The van der Waals surface area contributed by atoms with E-state index in [-0.39, 0.29) is 19.6 Å². The summed E-state index contributed by atoms with van der Waals surface area (Å²) in [6.45, 7) is 5.38. The number of anilines is 1. The maximum atomic E-state index is 13.3. The Bertz CT molecular complexity index is 997. The Morgan fingerprint density at radius 2 is 1.67 bits per heavy atom. The number of rotatable bonds is 8. The van der Waals surface area contributed by atoms with Crippen LogP contribution in [0, 0.1) is 5.92 Å². The summed E-state index contributed by atoms with van der Waals surface area (Å²) in [5, 5.41) is 14.8. The van der Waals surface area contributed by atoms with Crippen LogP contribution in [0.4, 0.5) is 5.69 Å². The maximum Gasteiger partial charge on any atom is 0.336 e. The zero-order valence-electron chi connectivity index (χ0n) is 19.5. The lowest BCUT2D eigenvalue weighted by molar-refractivity contribution is -0.159. The number of aliphatic hydroxyl groups is 1. The number of carbonyl (C=O) groups is 2. The molecule has 0 bridgehead atoms. The van der Waals surface area contributed by atoms with Crippen molar-refractivity contribution in [1.29, 1.82) is 0 Å². The predicted molar refractivity (Wildman–Crippen MR) is 125 cm³/mol. The van der Waals surface area contributed by atoms with Gasteiger partial charge in [-0.15, -0.1) is 0 Å². The lowest BCUT2D eigenvalue weighted by atomic mass is 9.65. The van der Waals surface area contributed by atoms with Crippen LogP contribution in [0.15, 0.2) is 65.9 Å². The lowest BCUT2D eigenvalue weighted by Gasteiger charge is -2.43. The van der Waals surface area contributed by atoms with E-state index in [4.69, 9.17) is 14.2 Å². The number of esters is 2. The fourth-order valence-corrected chi connectivity index (χ4v) is 4.34. The fourth-order valence-electron chi connectivity index (χ4n) is 4.34. The summed E-state index contributed by atoms with van der Waals surface area (Å²) in [4.78, 5) is 26.4. The topological polar surface area (TPSA) is 94.1 Å². The number of carbonyl (C=O) groups excluding carboxylic acids is 2. The molecule has 0 aromatic heterocycles. The summed E-state index contributed by atoms with van der Waals surface area (Å²) in [7, 11) is 1.56. The summed E-state index contributed by atoms with van der Waals surface area (Å²) < 4.78 is 16.0. The van der Waals surface area contributed by atoms with Crippen LogP contribution >= 0.6 is 0 Å². The van der Waals surface area contributed by atoms with Crippen molar-refractivity contribution in [2.75, 3.05) is 25.6 Å². The second-order valence-corrected chi connectivity index (χ2v) is 8.12. The van der Waals surface area contributed by atoms with Gasteiger partial charge in [-0.05, 0) is 50.6 Å². The van der Waals surface area contributed by atoms with Crippen molar-refractivity contribution < 1.29 is 28.9 Å². The first-order valence-corrected chi connectivity index (χ1v) is 11.1. The molecule has 0 amide bonds. The highest BCUT2D eigenvalue weighted by Gasteiger charge is 2.52. The fraction of sp³-hybridized carbons (Fsp3) is 0.385. The molecule has 3 rings (SSSR count). The molecule has 0 spiro atoms. The van der Waals surface area contributed by atoms with E-state index >= 15 is 0 Å². The first kappa shape index (κ1) is 24.3. The summed E-state index contributed by atoms with van der Waals surface area (Å²) in [6.07, 6.45) is 0.0478. The minimum Gasteiger partial charge on any atom is -0.497 e. The molecule has 3 atom stereocenters. The quantitative estimate of drug-likeness (QED) is 0.583. The molecule has 2 aromatic carbocycles. The van der Waals surface area contributed by atoms with Crippen molar-refractivity contribution in [3.05, 3.63) is 71.4 Å². The van der Waals surface area contributed by atoms with E-state index in [1.165, 1.54) is 0 Å². The Hall–Kier alpha value is -3.32. The van der Waals surface area contributed by atoms with Gasteiger partial charge in [-0.2, -0.15) is 0 Å². The molecule has 33 heavy (non-hydrogen) atoms. The smallest absolute Gasteiger partial charge is 0.336 e. The van der Waals surface area contributed by atoms with E-state index in [0.29, 0.717) is 22.6 Å². The standard InChI is InChI=1S/C26H31NO6/c1-5-32-24(28)22-20(27-18-10-8-7-9-11-18)16-26(3,30)23(25(29)33-6-2)21(22)17-12-14-19(31-4)15-13-17/h7-15,21,23,27,30H,5-6,16H2,1-4H3. The minimum atomic E-state index is -1.48. The number of nitrogens with one attached hydrogen (secondary N) is 1. The highest BCUT2D eigenvalue weighted by atomic mass is 16.5. The monoisotopic (exact) mass is 453 g/mol. The van der Waals surface area contributed by atoms with Crippen LogP contribution in [0.3, 0.4) is 0 Å². The van der Waals surface area contributed by atoms with E-state index in [1.54, 1.807) is 52.1 Å². The third-order valence-electron chi connectivity index (χ3n) is 5.75. The number of methoxy groups -OCH3 is 1. The van der Waals surface area contributed by atoms with Gasteiger partial charge >= 0.3 is 11.9 Å². The average molecular weight is 454 g/mol. The zero-order valence-corrected chi connectivity index (χ0v) is 19.5. The number of ether oxygens (including phenoxy) is 3. The molecule has 2 N–H and O–H groups in total. The Morgan fingerprint density at radius 1 is 1.03 bits per heavy atom. The van der Waals surface area contributed by atoms with Crippen molar-refractivity contribution >= 4 is 17.6 Å². The molecule has 1 aliphatic rings. The second-order valence-electron chi connectivity index (χ2n) is 8.12. The Kier molecular flexibility index (Phi) is 7.76. The van der Waals surface area contributed by atoms with Crippen LogP contribution in [0.5, 0.6) is 5.75 Å². The Labute approximate surface area is 194 Å². The largest absolute Gasteiger partial charge is 0.497 e. The molecule has 0 radical (unpaired) electrons. The van der Waals surface area contributed by atoms with Crippen molar-refractivity contribution in [3.63, 3.8) is 0 Å². The van der Waals surface area contributed by atoms with Crippen LogP contribution in [0.2, 0.25) is 0 Å². The molecule has 0 heterocycles. The summed E-state index contributed by atoms with van der Waals surface area (Å²) in [5.74, 6) is -2.26. The number of para-hydroxylation sites is 1. The van der Waals surface area contributed by atoms with Crippen LogP contribution in [-0.4, -0.2) is 43.0 Å². The van der Waals surface area contributed by atoms with Gasteiger partial charge in [-0.1, -0.05) is 30.3 Å². The molecule has 176 valence electrons. The molecule has 0 saturated heterocycles. The molecular weight excluding hydrogens is 422 g/mol. The van der Waals surface area contributed by atoms with Gasteiger partial charge in [-0.25, -0.2) is 4.79 Å². The highest BCUT2D eigenvalue weighted by molar-refractivity contribution is 5.94. The Morgan fingerprint density at radius 3 is 2.24 bits per heavy atom. The molecule has 0 saturated carbocycles. The third kappa shape index (κ3) is 5.37. The lowest BCUT2D eigenvalue weighted by Crippen LogP contribution is -2.49. The van der Waals surface area contributed by atoms with Gasteiger partial charge in [0, 0.05) is 23.7 Å². The third-order valence-corrected chi connectivity index (χ3v) is 5.75. The minimum absolute atomic E-state index is 0.0478. The zero-order chi connectivity index (χ0) is 24.0.